The number of hydrogen-bond acceptors (Lipinski definition) is 4. The van der Waals surface area contributed by atoms with E-state index in [1.807, 2.05) is 6.07 Å². The van der Waals surface area contributed by atoms with E-state index >= 15 is 0 Å². The Hall–Kier alpha value is -2.94. The van der Waals surface area contributed by atoms with Gasteiger partial charge < -0.3 is 10.1 Å². The van der Waals surface area contributed by atoms with Crippen LogP contribution in [0.15, 0.2) is 77.7 Å². The predicted octanol–water partition coefficient (Wildman–Crippen LogP) is 4.41. The summed E-state index contributed by atoms with van der Waals surface area (Å²) in [5.41, 5.74) is 0.687. The van der Waals surface area contributed by atoms with Gasteiger partial charge in [-0.2, -0.15) is 4.72 Å². The lowest BCUT2D eigenvalue weighted by Gasteiger charge is -2.19. The second-order valence-corrected chi connectivity index (χ2v) is 8.98. The van der Waals surface area contributed by atoms with Crippen LogP contribution in [0.2, 0.25) is 5.02 Å². The minimum atomic E-state index is -4.13. The van der Waals surface area contributed by atoms with E-state index in [1.54, 1.807) is 37.3 Å². The number of carbonyl (C=O) groups is 1. The van der Waals surface area contributed by atoms with Gasteiger partial charge in [-0.1, -0.05) is 54.1 Å². The lowest BCUT2D eigenvalue weighted by Crippen LogP contribution is -2.45. The van der Waals surface area contributed by atoms with Crippen LogP contribution in [-0.2, 0) is 21.2 Å². The molecule has 1 unspecified atom stereocenters. The SMILES string of the molecule is CCOc1ccc(S(=O)(=O)NC(Cc2ccccc2)C(=O)Nc2ccccc2F)cc1Cl. The van der Waals surface area contributed by atoms with Crippen molar-refractivity contribution < 1.29 is 22.3 Å². The molecule has 0 aliphatic carbocycles. The van der Waals surface area contributed by atoms with Crippen LogP contribution in [0.1, 0.15) is 12.5 Å². The third-order valence-corrected chi connectivity index (χ3v) is 6.31. The molecule has 2 N–H and O–H groups in total. The molecule has 6 nitrogen and oxygen atoms in total. The Labute approximate surface area is 191 Å². The van der Waals surface area contributed by atoms with Crippen molar-refractivity contribution in [2.24, 2.45) is 0 Å². The third kappa shape index (κ3) is 6.06. The highest BCUT2D eigenvalue weighted by Gasteiger charge is 2.27. The molecule has 32 heavy (non-hydrogen) atoms. The maximum Gasteiger partial charge on any atom is 0.242 e. The number of carbonyl (C=O) groups excluding carboxylic acids is 1. The highest BCUT2D eigenvalue weighted by molar-refractivity contribution is 7.89. The Morgan fingerprint density at radius 1 is 1.06 bits per heavy atom. The Morgan fingerprint density at radius 3 is 2.41 bits per heavy atom. The van der Waals surface area contributed by atoms with Gasteiger partial charge in [-0.3, -0.25) is 4.79 Å². The molecule has 3 aromatic carbocycles. The Morgan fingerprint density at radius 2 is 1.75 bits per heavy atom. The van der Waals surface area contributed by atoms with E-state index < -0.39 is 27.8 Å². The quantitative estimate of drug-likeness (QED) is 0.479. The predicted molar refractivity (Wildman–Crippen MR) is 122 cm³/mol. The van der Waals surface area contributed by atoms with Gasteiger partial charge in [-0.25, -0.2) is 12.8 Å². The van der Waals surface area contributed by atoms with Crippen LogP contribution in [0.4, 0.5) is 10.1 Å². The summed E-state index contributed by atoms with van der Waals surface area (Å²) < 4.78 is 47.8. The van der Waals surface area contributed by atoms with Gasteiger partial charge in [0.1, 0.15) is 17.6 Å². The van der Waals surface area contributed by atoms with Gasteiger partial charge in [0.15, 0.2) is 0 Å². The van der Waals surface area contributed by atoms with Crippen molar-refractivity contribution in [2.75, 3.05) is 11.9 Å². The summed E-state index contributed by atoms with van der Waals surface area (Å²) in [6.07, 6.45) is 0.0606. The smallest absolute Gasteiger partial charge is 0.242 e. The maximum atomic E-state index is 14.0. The van der Waals surface area contributed by atoms with E-state index in [0.717, 1.165) is 5.56 Å². The van der Waals surface area contributed by atoms with E-state index in [2.05, 4.69) is 10.0 Å². The first-order valence-corrected chi connectivity index (χ1v) is 11.7. The molecule has 0 saturated heterocycles. The number of benzene rings is 3. The number of amides is 1. The second kappa shape index (κ2) is 10.6. The van der Waals surface area contributed by atoms with Crippen molar-refractivity contribution in [2.45, 2.75) is 24.3 Å². The molecule has 0 heterocycles. The average Bonchev–Trinajstić information content (AvgIpc) is 2.77. The van der Waals surface area contributed by atoms with Crippen LogP contribution >= 0.6 is 11.6 Å². The third-order valence-electron chi connectivity index (χ3n) is 4.54. The molecule has 0 aliphatic heterocycles. The van der Waals surface area contributed by atoms with Crippen molar-refractivity contribution >= 4 is 33.2 Å². The molecule has 1 amide bonds. The number of hydrogen-bond donors (Lipinski definition) is 2. The molecule has 3 rings (SSSR count). The van der Waals surface area contributed by atoms with Gasteiger partial charge in [0.25, 0.3) is 0 Å². The lowest BCUT2D eigenvalue weighted by atomic mass is 10.1. The summed E-state index contributed by atoms with van der Waals surface area (Å²) >= 11 is 6.13. The number of halogens is 2. The maximum absolute atomic E-state index is 14.0. The van der Waals surface area contributed by atoms with Crippen molar-refractivity contribution in [3.8, 4) is 5.75 Å². The van der Waals surface area contributed by atoms with E-state index in [4.69, 9.17) is 16.3 Å². The molecular formula is C23H22ClFN2O4S. The number of nitrogens with one attached hydrogen (secondary N) is 2. The van der Waals surface area contributed by atoms with E-state index in [0.29, 0.717) is 12.4 Å². The molecular weight excluding hydrogens is 455 g/mol. The molecule has 0 saturated carbocycles. The van der Waals surface area contributed by atoms with Crippen LogP contribution < -0.4 is 14.8 Å². The van der Waals surface area contributed by atoms with Crippen LogP contribution in [0, 0.1) is 5.82 Å². The normalized spacial score (nSPS) is 12.2. The number of anilines is 1. The van der Waals surface area contributed by atoms with Crippen LogP contribution in [-0.4, -0.2) is 27.0 Å². The molecule has 168 valence electrons. The fourth-order valence-electron chi connectivity index (χ4n) is 3.00. The lowest BCUT2D eigenvalue weighted by molar-refractivity contribution is -0.117. The number of rotatable bonds is 9. The van der Waals surface area contributed by atoms with Gasteiger partial charge in [0.2, 0.25) is 15.9 Å². The Kier molecular flexibility index (Phi) is 7.84. The summed E-state index contributed by atoms with van der Waals surface area (Å²) in [7, 11) is -4.13. The summed E-state index contributed by atoms with van der Waals surface area (Å²) in [6, 6.07) is 17.4. The second-order valence-electron chi connectivity index (χ2n) is 6.86. The molecule has 0 fully saturated rings. The van der Waals surface area contributed by atoms with E-state index in [9.17, 15) is 17.6 Å². The monoisotopic (exact) mass is 476 g/mol. The topological polar surface area (TPSA) is 84.5 Å². The van der Waals surface area contributed by atoms with Crippen molar-refractivity contribution in [3.63, 3.8) is 0 Å². The van der Waals surface area contributed by atoms with Crippen LogP contribution in [0.3, 0.4) is 0 Å². The number of ether oxygens (including phenoxy) is 1. The summed E-state index contributed by atoms with van der Waals surface area (Å²) in [6.45, 7) is 2.16. The van der Waals surface area contributed by atoms with Gasteiger partial charge >= 0.3 is 0 Å². The fraction of sp³-hybridized carbons (Fsp3) is 0.174. The first kappa shape index (κ1) is 23.7. The number of sulfonamides is 1. The number of para-hydroxylation sites is 1. The average molecular weight is 477 g/mol. The first-order valence-electron chi connectivity index (χ1n) is 9.84. The zero-order chi connectivity index (χ0) is 23.1. The summed E-state index contributed by atoms with van der Waals surface area (Å²) in [5.74, 6) is -0.966. The minimum Gasteiger partial charge on any atom is -0.492 e. The van der Waals surface area contributed by atoms with E-state index in [-0.39, 0.29) is 22.0 Å². The van der Waals surface area contributed by atoms with Crippen LogP contribution in [0.25, 0.3) is 0 Å². The van der Waals surface area contributed by atoms with Crippen LogP contribution in [0.5, 0.6) is 5.75 Å². The van der Waals surface area contributed by atoms with Crippen molar-refractivity contribution in [1.82, 2.24) is 4.72 Å². The first-order chi connectivity index (χ1) is 15.3. The largest absolute Gasteiger partial charge is 0.492 e. The van der Waals surface area contributed by atoms with Gasteiger partial charge in [-0.15, -0.1) is 0 Å². The summed E-state index contributed by atoms with van der Waals surface area (Å²) in [5, 5.41) is 2.58. The molecule has 0 bridgehead atoms. The molecule has 1 atom stereocenters. The minimum absolute atomic E-state index is 0.0427. The summed E-state index contributed by atoms with van der Waals surface area (Å²) in [4.78, 5) is 12.8. The molecule has 0 spiro atoms. The molecule has 0 aromatic heterocycles. The zero-order valence-electron chi connectivity index (χ0n) is 17.2. The van der Waals surface area contributed by atoms with E-state index in [1.165, 1.54) is 36.4 Å². The van der Waals surface area contributed by atoms with Gasteiger partial charge in [0.05, 0.1) is 22.2 Å². The molecule has 9 heteroatoms. The fourth-order valence-corrected chi connectivity index (χ4v) is 4.52. The Balaban J connectivity index is 1.88. The van der Waals surface area contributed by atoms with Gasteiger partial charge in [-0.05, 0) is 49.2 Å². The van der Waals surface area contributed by atoms with Gasteiger partial charge in [0, 0.05) is 0 Å². The Bertz CT molecular complexity index is 1190. The highest BCUT2D eigenvalue weighted by atomic mass is 35.5. The standard InChI is InChI=1S/C23H22ClFN2O4S/c1-2-31-22-13-12-17(15-18(22)24)32(29,30)27-21(14-16-8-4-3-5-9-16)23(28)26-20-11-7-6-10-19(20)25/h3-13,15,21,27H,2,14H2,1H3,(H,26,28). The molecule has 3 aromatic rings. The molecule has 0 radical (unpaired) electrons. The van der Waals surface area contributed by atoms with Crippen molar-refractivity contribution in [1.29, 1.82) is 0 Å². The van der Waals surface area contributed by atoms with Crippen molar-refractivity contribution in [3.05, 3.63) is 89.2 Å². The highest BCUT2D eigenvalue weighted by Crippen LogP contribution is 2.27. The zero-order valence-corrected chi connectivity index (χ0v) is 18.8. The molecule has 0 aliphatic rings.